The van der Waals surface area contributed by atoms with Crippen LogP contribution in [-0.4, -0.2) is 56.0 Å². The number of hydrogen-bond donors (Lipinski definition) is 1. The van der Waals surface area contributed by atoms with Crippen LogP contribution in [0.4, 0.5) is 0 Å². The smallest absolute Gasteiger partial charge is 0.325 e. The molecule has 2 atom stereocenters. The van der Waals surface area contributed by atoms with E-state index in [1.54, 1.807) is 31.4 Å². The topological polar surface area (TPSA) is 84.9 Å². The Morgan fingerprint density at radius 1 is 1.07 bits per heavy atom. The van der Waals surface area contributed by atoms with Crippen molar-refractivity contribution in [3.63, 3.8) is 0 Å². The number of fused-ring (bicyclic) bond motifs is 1. The fraction of sp³-hybridized carbons (Fsp3) is 0.571. The molecule has 2 amide bonds. The molecule has 2 fully saturated rings. The first-order chi connectivity index (χ1) is 13.6. The van der Waals surface area contributed by atoms with E-state index in [1.807, 2.05) is 4.90 Å². The summed E-state index contributed by atoms with van der Waals surface area (Å²) in [5, 5.41) is 2.50. The quantitative estimate of drug-likeness (QED) is 0.754. The number of hydrogen-bond acceptors (Lipinski definition) is 5. The van der Waals surface area contributed by atoms with E-state index in [0.29, 0.717) is 17.2 Å². The number of carbonyl (C=O) groups excluding carboxylic acids is 3. The van der Waals surface area contributed by atoms with Crippen molar-refractivity contribution in [3.8, 4) is 5.75 Å². The van der Waals surface area contributed by atoms with Gasteiger partial charge in [-0.05, 0) is 48.9 Å². The molecule has 1 saturated carbocycles. The Balaban J connectivity index is 1.37. The van der Waals surface area contributed by atoms with Crippen molar-refractivity contribution >= 4 is 17.8 Å². The summed E-state index contributed by atoms with van der Waals surface area (Å²) in [6.07, 6.45) is 6.05. The van der Waals surface area contributed by atoms with Gasteiger partial charge in [-0.25, -0.2) is 0 Å². The van der Waals surface area contributed by atoms with Gasteiger partial charge >= 0.3 is 5.97 Å². The number of amides is 2. The lowest BCUT2D eigenvalue weighted by molar-refractivity contribution is -0.152. The lowest BCUT2D eigenvalue weighted by atomic mass is 9.75. The Labute approximate surface area is 165 Å². The highest BCUT2D eigenvalue weighted by atomic mass is 16.5. The summed E-state index contributed by atoms with van der Waals surface area (Å²) < 4.78 is 10.1. The normalized spacial score (nSPS) is 21.4. The SMILES string of the molecule is COc1ccc(C(=O)NCC(=O)OCC(=O)N2CC[C@H]3CCCC[C@H]3C2)cc1. The first kappa shape index (κ1) is 20.2. The minimum Gasteiger partial charge on any atom is -0.497 e. The Hall–Kier alpha value is -2.57. The lowest BCUT2D eigenvalue weighted by Gasteiger charge is -2.41. The number of methoxy groups -OCH3 is 1. The number of piperidine rings is 1. The monoisotopic (exact) mass is 388 g/mol. The Morgan fingerprint density at radius 3 is 2.50 bits per heavy atom. The van der Waals surface area contributed by atoms with Crippen LogP contribution in [0.25, 0.3) is 0 Å². The minimum absolute atomic E-state index is 0.154. The average Bonchev–Trinajstić information content (AvgIpc) is 2.75. The van der Waals surface area contributed by atoms with Crippen LogP contribution in [0.2, 0.25) is 0 Å². The highest BCUT2D eigenvalue weighted by Crippen LogP contribution is 2.35. The van der Waals surface area contributed by atoms with E-state index in [-0.39, 0.29) is 25.0 Å². The molecular weight excluding hydrogens is 360 g/mol. The molecule has 1 aromatic rings. The first-order valence-electron chi connectivity index (χ1n) is 9.92. The molecule has 7 heteroatoms. The molecule has 0 bridgehead atoms. The van der Waals surface area contributed by atoms with Crippen LogP contribution < -0.4 is 10.1 Å². The third-order valence-corrected chi connectivity index (χ3v) is 5.75. The maximum Gasteiger partial charge on any atom is 0.325 e. The van der Waals surface area contributed by atoms with Gasteiger partial charge in [0.15, 0.2) is 6.61 Å². The summed E-state index contributed by atoms with van der Waals surface area (Å²) in [6.45, 7) is 0.971. The predicted octanol–water partition coefficient (Wildman–Crippen LogP) is 2.01. The second-order valence-electron chi connectivity index (χ2n) is 7.50. The van der Waals surface area contributed by atoms with Gasteiger partial charge in [-0.3, -0.25) is 14.4 Å². The van der Waals surface area contributed by atoms with E-state index in [9.17, 15) is 14.4 Å². The number of esters is 1. The third kappa shape index (κ3) is 5.24. The van der Waals surface area contributed by atoms with E-state index in [2.05, 4.69) is 5.32 Å². The van der Waals surface area contributed by atoms with Crippen molar-refractivity contribution < 1.29 is 23.9 Å². The van der Waals surface area contributed by atoms with E-state index in [0.717, 1.165) is 25.4 Å². The first-order valence-corrected chi connectivity index (χ1v) is 9.92. The molecule has 1 aromatic carbocycles. The van der Waals surface area contributed by atoms with E-state index >= 15 is 0 Å². The van der Waals surface area contributed by atoms with E-state index in [1.165, 1.54) is 25.7 Å². The van der Waals surface area contributed by atoms with Crippen LogP contribution in [-0.2, 0) is 14.3 Å². The summed E-state index contributed by atoms with van der Waals surface area (Å²) >= 11 is 0. The maximum atomic E-state index is 12.3. The summed E-state index contributed by atoms with van der Waals surface area (Å²) in [5.74, 6) is 0.818. The maximum absolute atomic E-state index is 12.3. The largest absolute Gasteiger partial charge is 0.497 e. The molecule has 7 nitrogen and oxygen atoms in total. The van der Waals surface area contributed by atoms with Crippen LogP contribution in [0, 0.1) is 11.8 Å². The summed E-state index contributed by atoms with van der Waals surface area (Å²) in [6, 6.07) is 6.55. The Morgan fingerprint density at radius 2 is 1.79 bits per heavy atom. The highest BCUT2D eigenvalue weighted by Gasteiger charge is 2.33. The third-order valence-electron chi connectivity index (χ3n) is 5.75. The van der Waals surface area contributed by atoms with Crippen molar-refractivity contribution in [1.29, 1.82) is 0 Å². The molecule has 0 spiro atoms. The van der Waals surface area contributed by atoms with Gasteiger partial charge in [-0.15, -0.1) is 0 Å². The molecule has 0 unspecified atom stereocenters. The van der Waals surface area contributed by atoms with Gasteiger partial charge in [0.2, 0.25) is 0 Å². The molecular formula is C21H28N2O5. The number of rotatable bonds is 6. The van der Waals surface area contributed by atoms with Crippen LogP contribution in [0.15, 0.2) is 24.3 Å². The predicted molar refractivity (Wildman–Crippen MR) is 103 cm³/mol. The Bertz CT molecular complexity index is 703. The molecule has 1 aliphatic carbocycles. The number of nitrogens with one attached hydrogen (secondary N) is 1. The molecule has 1 N–H and O–H groups in total. The number of benzene rings is 1. The van der Waals surface area contributed by atoms with Crippen LogP contribution >= 0.6 is 0 Å². The van der Waals surface area contributed by atoms with Gasteiger partial charge in [0.25, 0.3) is 11.8 Å². The highest BCUT2D eigenvalue weighted by molar-refractivity contribution is 5.96. The molecule has 1 aliphatic heterocycles. The molecule has 3 rings (SSSR count). The van der Waals surface area contributed by atoms with Crippen molar-refractivity contribution in [3.05, 3.63) is 29.8 Å². The molecule has 0 aromatic heterocycles. The van der Waals surface area contributed by atoms with Gasteiger partial charge in [-0.1, -0.05) is 19.3 Å². The molecule has 0 radical (unpaired) electrons. The van der Waals surface area contributed by atoms with Crippen molar-refractivity contribution in [2.24, 2.45) is 11.8 Å². The minimum atomic E-state index is -0.622. The summed E-state index contributed by atoms with van der Waals surface area (Å²) in [5.41, 5.74) is 0.417. The zero-order chi connectivity index (χ0) is 19.9. The zero-order valence-electron chi connectivity index (χ0n) is 16.3. The fourth-order valence-electron chi connectivity index (χ4n) is 4.11. The second kappa shape index (κ2) is 9.57. The van der Waals surface area contributed by atoms with Crippen LogP contribution in [0.5, 0.6) is 5.75 Å². The van der Waals surface area contributed by atoms with Crippen LogP contribution in [0.1, 0.15) is 42.5 Å². The number of ether oxygens (including phenoxy) is 2. The standard InChI is InChI=1S/C21H28N2O5/c1-27-18-8-6-16(7-9-18)21(26)22-12-20(25)28-14-19(24)23-11-10-15-4-2-3-5-17(15)13-23/h6-9,15,17H,2-5,10-14H2,1H3,(H,22,26)/t15-,17+/m1/s1. The van der Waals surface area contributed by atoms with E-state index < -0.39 is 5.97 Å². The number of nitrogens with zero attached hydrogens (tertiary/aromatic N) is 1. The van der Waals surface area contributed by atoms with Gasteiger partial charge in [0.1, 0.15) is 12.3 Å². The van der Waals surface area contributed by atoms with Gasteiger partial charge < -0.3 is 19.7 Å². The molecule has 28 heavy (non-hydrogen) atoms. The van der Waals surface area contributed by atoms with Gasteiger partial charge in [0.05, 0.1) is 7.11 Å². The van der Waals surface area contributed by atoms with Gasteiger partial charge in [-0.2, -0.15) is 0 Å². The number of carbonyl (C=O) groups is 3. The molecule has 152 valence electrons. The van der Waals surface area contributed by atoms with Crippen molar-refractivity contribution in [2.45, 2.75) is 32.1 Å². The lowest BCUT2D eigenvalue weighted by Crippen LogP contribution is -2.46. The summed E-state index contributed by atoms with van der Waals surface area (Å²) in [4.78, 5) is 38.1. The van der Waals surface area contributed by atoms with Crippen molar-refractivity contribution in [2.75, 3.05) is 33.4 Å². The van der Waals surface area contributed by atoms with E-state index in [4.69, 9.17) is 9.47 Å². The second-order valence-corrected chi connectivity index (χ2v) is 7.50. The fourth-order valence-corrected chi connectivity index (χ4v) is 4.11. The number of likely N-dealkylation sites (tertiary alicyclic amines) is 1. The molecule has 2 aliphatic rings. The zero-order valence-corrected chi connectivity index (χ0v) is 16.3. The summed E-state index contributed by atoms with van der Waals surface area (Å²) in [7, 11) is 1.55. The van der Waals surface area contributed by atoms with Crippen LogP contribution in [0.3, 0.4) is 0 Å². The Kier molecular flexibility index (Phi) is 6.90. The molecule has 1 heterocycles. The molecule has 1 saturated heterocycles. The van der Waals surface area contributed by atoms with Crippen molar-refractivity contribution in [1.82, 2.24) is 10.2 Å². The average molecular weight is 388 g/mol. The van der Waals surface area contributed by atoms with Gasteiger partial charge in [0, 0.05) is 18.7 Å².